The van der Waals surface area contributed by atoms with E-state index in [1.54, 1.807) is 18.2 Å². The molecule has 3 aromatic rings. The van der Waals surface area contributed by atoms with Gasteiger partial charge in [0.15, 0.2) is 0 Å². The van der Waals surface area contributed by atoms with E-state index in [1.807, 2.05) is 30.3 Å². The highest BCUT2D eigenvalue weighted by atomic mass is 19.1. The van der Waals surface area contributed by atoms with Gasteiger partial charge in [-0.3, -0.25) is 0 Å². The lowest BCUT2D eigenvalue weighted by Gasteiger charge is -2.04. The van der Waals surface area contributed by atoms with E-state index in [4.69, 9.17) is 4.42 Å². The lowest BCUT2D eigenvalue weighted by atomic mass is 10.0. The van der Waals surface area contributed by atoms with Crippen molar-refractivity contribution < 1.29 is 8.81 Å². The van der Waals surface area contributed by atoms with Gasteiger partial charge >= 0.3 is 5.63 Å². The van der Waals surface area contributed by atoms with Crippen LogP contribution in [0.1, 0.15) is 0 Å². The number of hydrogen-bond acceptors (Lipinski definition) is 2. The van der Waals surface area contributed by atoms with Crippen LogP contribution in [-0.4, -0.2) is 0 Å². The van der Waals surface area contributed by atoms with Gasteiger partial charge < -0.3 is 4.42 Å². The van der Waals surface area contributed by atoms with E-state index in [0.29, 0.717) is 11.3 Å². The fourth-order valence-corrected chi connectivity index (χ4v) is 2.03. The highest BCUT2D eigenvalue weighted by Crippen LogP contribution is 2.24. The summed E-state index contributed by atoms with van der Waals surface area (Å²) in [4.78, 5) is 11.7. The van der Waals surface area contributed by atoms with Crippen LogP contribution in [0.5, 0.6) is 0 Å². The summed E-state index contributed by atoms with van der Waals surface area (Å²) in [7, 11) is 0. The second kappa shape index (κ2) is 5.13. The molecule has 20 heavy (non-hydrogen) atoms. The second-order valence-corrected chi connectivity index (χ2v) is 4.40. The molecule has 2 nitrogen and oxygen atoms in total. The molecule has 3 rings (SSSR count). The van der Waals surface area contributed by atoms with Crippen LogP contribution in [0.4, 0.5) is 4.39 Å². The van der Waals surface area contributed by atoms with Crippen LogP contribution in [0.3, 0.4) is 0 Å². The van der Waals surface area contributed by atoms with Gasteiger partial charge in [-0.1, -0.05) is 42.5 Å². The average molecular weight is 266 g/mol. The maximum atomic E-state index is 12.9. The molecular weight excluding hydrogens is 255 g/mol. The van der Waals surface area contributed by atoms with Gasteiger partial charge in [-0.05, 0) is 29.3 Å². The first-order valence-corrected chi connectivity index (χ1v) is 6.19. The zero-order valence-electron chi connectivity index (χ0n) is 10.5. The van der Waals surface area contributed by atoms with Gasteiger partial charge in [0.2, 0.25) is 0 Å². The van der Waals surface area contributed by atoms with Crippen LogP contribution < -0.4 is 5.63 Å². The molecule has 0 saturated heterocycles. The fourth-order valence-electron chi connectivity index (χ4n) is 2.03. The molecule has 1 aromatic heterocycles. The van der Waals surface area contributed by atoms with Crippen LogP contribution >= 0.6 is 0 Å². The van der Waals surface area contributed by atoms with E-state index in [1.165, 1.54) is 18.2 Å². The van der Waals surface area contributed by atoms with Crippen molar-refractivity contribution in [1.82, 2.24) is 0 Å². The van der Waals surface area contributed by atoms with Crippen LogP contribution in [-0.2, 0) is 0 Å². The Kier molecular flexibility index (Phi) is 3.17. The second-order valence-electron chi connectivity index (χ2n) is 4.40. The maximum absolute atomic E-state index is 12.9. The zero-order valence-corrected chi connectivity index (χ0v) is 10.5. The number of hydrogen-bond donors (Lipinski definition) is 0. The Bertz CT molecular complexity index is 774. The van der Waals surface area contributed by atoms with Crippen molar-refractivity contribution in [2.75, 3.05) is 0 Å². The summed E-state index contributed by atoms with van der Waals surface area (Å²) in [5.74, 6) is 0.192. The average Bonchev–Trinajstić information content (AvgIpc) is 2.48. The summed E-state index contributed by atoms with van der Waals surface area (Å²) < 4.78 is 18.2. The first-order chi connectivity index (χ1) is 9.72. The van der Waals surface area contributed by atoms with E-state index in [-0.39, 0.29) is 5.82 Å². The number of benzene rings is 2. The smallest absolute Gasteiger partial charge is 0.336 e. The predicted molar refractivity (Wildman–Crippen MR) is 75.8 cm³/mol. The van der Waals surface area contributed by atoms with Crippen molar-refractivity contribution in [3.8, 4) is 22.5 Å². The molecule has 2 aromatic carbocycles. The first kappa shape index (κ1) is 12.4. The van der Waals surface area contributed by atoms with Gasteiger partial charge in [-0.25, -0.2) is 9.18 Å². The minimum absolute atomic E-state index is 0.306. The van der Waals surface area contributed by atoms with Crippen LogP contribution in [0.25, 0.3) is 22.5 Å². The lowest BCUT2D eigenvalue weighted by Crippen LogP contribution is -1.98. The van der Waals surface area contributed by atoms with Crippen LogP contribution in [0.2, 0.25) is 0 Å². The maximum Gasteiger partial charge on any atom is 0.336 e. The van der Waals surface area contributed by atoms with E-state index >= 15 is 0 Å². The summed E-state index contributed by atoms with van der Waals surface area (Å²) >= 11 is 0. The summed E-state index contributed by atoms with van der Waals surface area (Å²) in [6, 6.07) is 18.6. The van der Waals surface area contributed by atoms with Crippen molar-refractivity contribution in [2.45, 2.75) is 0 Å². The van der Waals surface area contributed by atoms with Crippen LogP contribution in [0.15, 0.2) is 75.9 Å². The molecule has 0 radical (unpaired) electrons. The largest absolute Gasteiger partial charge is 0.423 e. The minimum Gasteiger partial charge on any atom is -0.423 e. The first-order valence-electron chi connectivity index (χ1n) is 6.19. The van der Waals surface area contributed by atoms with Gasteiger partial charge in [-0.15, -0.1) is 0 Å². The van der Waals surface area contributed by atoms with Crippen molar-refractivity contribution in [1.29, 1.82) is 0 Å². The Morgan fingerprint density at radius 2 is 1.45 bits per heavy atom. The van der Waals surface area contributed by atoms with Crippen molar-refractivity contribution in [3.05, 3.63) is 83.0 Å². The van der Waals surface area contributed by atoms with Crippen molar-refractivity contribution >= 4 is 0 Å². The predicted octanol–water partition coefficient (Wildman–Crippen LogP) is 4.11. The van der Waals surface area contributed by atoms with Gasteiger partial charge in [0.05, 0.1) is 0 Å². The molecule has 0 fully saturated rings. The third kappa shape index (κ3) is 2.52. The van der Waals surface area contributed by atoms with E-state index in [0.717, 1.165) is 11.1 Å². The monoisotopic (exact) mass is 266 g/mol. The Balaban J connectivity index is 2.12. The number of rotatable bonds is 2. The van der Waals surface area contributed by atoms with Gasteiger partial charge in [0.1, 0.15) is 11.6 Å². The normalized spacial score (nSPS) is 10.4. The molecule has 0 aliphatic rings. The summed E-state index contributed by atoms with van der Waals surface area (Å²) in [5, 5.41) is 0. The fraction of sp³-hybridized carbons (Fsp3) is 0. The molecule has 0 saturated carbocycles. The SMILES string of the molecule is O=c1cc(-c2ccc(F)cc2)cc(-c2ccccc2)o1. The Morgan fingerprint density at radius 3 is 2.15 bits per heavy atom. The highest BCUT2D eigenvalue weighted by molar-refractivity contribution is 5.68. The molecule has 3 heteroatoms. The zero-order chi connectivity index (χ0) is 13.9. The topological polar surface area (TPSA) is 30.2 Å². The molecule has 1 heterocycles. The lowest BCUT2D eigenvalue weighted by molar-refractivity contribution is 0.526. The summed E-state index contributed by atoms with van der Waals surface area (Å²) in [6.07, 6.45) is 0. The standard InChI is InChI=1S/C17H11FO2/c18-15-8-6-12(7-9-15)14-10-16(20-17(19)11-14)13-4-2-1-3-5-13/h1-11H. The van der Waals surface area contributed by atoms with Crippen molar-refractivity contribution in [3.63, 3.8) is 0 Å². The Labute approximate surface area is 115 Å². The molecule has 0 amide bonds. The number of halogens is 1. The van der Waals surface area contributed by atoms with Crippen LogP contribution in [0, 0.1) is 5.82 Å². The molecule has 0 atom stereocenters. The molecule has 98 valence electrons. The third-order valence-corrected chi connectivity index (χ3v) is 3.01. The Morgan fingerprint density at radius 1 is 0.750 bits per heavy atom. The van der Waals surface area contributed by atoms with Gasteiger partial charge in [0, 0.05) is 11.6 Å². The molecular formula is C17H11FO2. The molecule has 0 unspecified atom stereocenters. The molecule has 0 N–H and O–H groups in total. The van der Waals surface area contributed by atoms with E-state index in [9.17, 15) is 9.18 Å². The summed E-state index contributed by atoms with van der Waals surface area (Å²) in [6.45, 7) is 0. The molecule has 0 spiro atoms. The Hall–Kier alpha value is -2.68. The molecule has 0 aliphatic heterocycles. The highest BCUT2D eigenvalue weighted by Gasteiger charge is 2.06. The van der Waals surface area contributed by atoms with E-state index in [2.05, 4.69) is 0 Å². The quantitative estimate of drug-likeness (QED) is 0.698. The molecule has 0 aliphatic carbocycles. The molecule has 0 bridgehead atoms. The van der Waals surface area contributed by atoms with E-state index < -0.39 is 5.63 Å². The minimum atomic E-state index is -0.425. The van der Waals surface area contributed by atoms with Crippen molar-refractivity contribution in [2.24, 2.45) is 0 Å². The summed E-state index contributed by atoms with van der Waals surface area (Å²) in [5.41, 5.74) is 1.89. The van der Waals surface area contributed by atoms with Gasteiger partial charge in [-0.2, -0.15) is 0 Å². The van der Waals surface area contributed by atoms with Gasteiger partial charge in [0.25, 0.3) is 0 Å². The third-order valence-electron chi connectivity index (χ3n) is 3.01.